The summed E-state index contributed by atoms with van der Waals surface area (Å²) < 4.78 is 2.36. The Morgan fingerprint density at radius 1 is 1.11 bits per heavy atom. The molecule has 2 aromatic rings. The Kier molecular flexibility index (Phi) is 3.11. The normalized spacial score (nSPS) is 10.0. The molecular weight excluding hydrogens is 230 g/mol. The van der Waals surface area contributed by atoms with Crippen LogP contribution in [0.1, 0.15) is 5.56 Å². The summed E-state index contributed by atoms with van der Waals surface area (Å²) in [5.41, 5.74) is 0.354. The van der Waals surface area contributed by atoms with E-state index in [1.165, 1.54) is 17.0 Å². The number of aryl methyl sites for hydroxylation is 1. The SMILES string of the molecule is Cc1ccc(-n2ccn(CC#N)c(=O)c2=O)cc1. The maximum Gasteiger partial charge on any atom is 0.321 e. The Balaban J connectivity index is 2.58. The van der Waals surface area contributed by atoms with Crippen LogP contribution in [0.3, 0.4) is 0 Å². The first kappa shape index (κ1) is 11.9. The smallest absolute Gasteiger partial charge is 0.295 e. The van der Waals surface area contributed by atoms with Gasteiger partial charge in [0.15, 0.2) is 0 Å². The van der Waals surface area contributed by atoms with Crippen molar-refractivity contribution < 1.29 is 0 Å². The van der Waals surface area contributed by atoms with Gasteiger partial charge in [0.1, 0.15) is 6.54 Å². The summed E-state index contributed by atoms with van der Waals surface area (Å²) in [4.78, 5) is 23.6. The molecule has 5 nitrogen and oxygen atoms in total. The number of nitrogens with zero attached hydrogens (tertiary/aromatic N) is 3. The topological polar surface area (TPSA) is 67.8 Å². The standard InChI is InChI=1S/C13H11N3O2/c1-10-2-4-11(5-3-10)16-9-8-15(7-6-14)12(17)13(16)18/h2-5,8-9H,7H2,1H3. The highest BCUT2D eigenvalue weighted by Crippen LogP contribution is 2.05. The third kappa shape index (κ3) is 2.09. The lowest BCUT2D eigenvalue weighted by Crippen LogP contribution is -2.39. The summed E-state index contributed by atoms with van der Waals surface area (Å²) in [6, 6.07) is 9.10. The lowest BCUT2D eigenvalue weighted by molar-refractivity contribution is 0.739. The van der Waals surface area contributed by atoms with E-state index in [4.69, 9.17) is 5.26 Å². The fraction of sp³-hybridized carbons (Fsp3) is 0.154. The van der Waals surface area contributed by atoms with Crippen LogP contribution < -0.4 is 11.1 Å². The van der Waals surface area contributed by atoms with Crippen molar-refractivity contribution in [2.75, 3.05) is 0 Å². The minimum Gasteiger partial charge on any atom is -0.295 e. The molecular formula is C13H11N3O2. The zero-order valence-corrected chi connectivity index (χ0v) is 9.83. The molecule has 5 heteroatoms. The number of aromatic nitrogens is 2. The van der Waals surface area contributed by atoms with Crippen LogP contribution in [0.4, 0.5) is 0 Å². The van der Waals surface area contributed by atoms with Crippen molar-refractivity contribution >= 4 is 0 Å². The summed E-state index contributed by atoms with van der Waals surface area (Å²) in [6.45, 7) is 1.82. The molecule has 0 saturated heterocycles. The van der Waals surface area contributed by atoms with Crippen LogP contribution in [-0.2, 0) is 6.54 Å². The Hall–Kier alpha value is -2.61. The van der Waals surface area contributed by atoms with Crippen LogP contribution in [0.2, 0.25) is 0 Å². The minimum atomic E-state index is -0.695. The minimum absolute atomic E-state index is 0.122. The molecule has 0 saturated carbocycles. The number of nitriles is 1. The van der Waals surface area contributed by atoms with Gasteiger partial charge in [0, 0.05) is 18.1 Å². The average Bonchev–Trinajstić information content (AvgIpc) is 2.37. The lowest BCUT2D eigenvalue weighted by Gasteiger charge is -2.06. The quantitative estimate of drug-likeness (QED) is 0.731. The predicted molar refractivity (Wildman–Crippen MR) is 66.6 cm³/mol. The predicted octanol–water partition coefficient (Wildman–Crippen LogP) is 0.831. The molecule has 0 aliphatic rings. The van der Waals surface area contributed by atoms with Gasteiger partial charge in [0.05, 0.1) is 6.07 Å². The largest absolute Gasteiger partial charge is 0.321 e. The second-order valence-corrected chi connectivity index (χ2v) is 3.90. The summed E-state index contributed by atoms with van der Waals surface area (Å²) in [5.74, 6) is 0. The van der Waals surface area contributed by atoms with E-state index < -0.39 is 11.1 Å². The summed E-state index contributed by atoms with van der Waals surface area (Å²) in [6.07, 6.45) is 2.93. The lowest BCUT2D eigenvalue weighted by atomic mass is 10.2. The third-order valence-electron chi connectivity index (χ3n) is 2.61. The van der Waals surface area contributed by atoms with Crippen LogP contribution in [0.15, 0.2) is 46.2 Å². The van der Waals surface area contributed by atoms with E-state index in [2.05, 4.69) is 0 Å². The fourth-order valence-electron chi connectivity index (χ4n) is 1.62. The van der Waals surface area contributed by atoms with E-state index in [0.717, 1.165) is 10.1 Å². The summed E-state index contributed by atoms with van der Waals surface area (Å²) >= 11 is 0. The molecule has 0 aliphatic heterocycles. The van der Waals surface area contributed by atoms with Gasteiger partial charge in [0.2, 0.25) is 0 Å². The van der Waals surface area contributed by atoms with Crippen molar-refractivity contribution in [2.24, 2.45) is 0 Å². The van der Waals surface area contributed by atoms with E-state index in [-0.39, 0.29) is 6.54 Å². The molecule has 1 aromatic carbocycles. The van der Waals surface area contributed by atoms with Crippen molar-refractivity contribution in [1.29, 1.82) is 5.26 Å². The van der Waals surface area contributed by atoms with Crippen LogP contribution in [-0.4, -0.2) is 9.13 Å². The van der Waals surface area contributed by atoms with E-state index >= 15 is 0 Å². The molecule has 0 bridgehead atoms. The molecule has 0 N–H and O–H groups in total. The Morgan fingerprint density at radius 2 is 1.78 bits per heavy atom. The van der Waals surface area contributed by atoms with Gasteiger partial charge in [-0.25, -0.2) is 0 Å². The third-order valence-corrected chi connectivity index (χ3v) is 2.61. The van der Waals surface area contributed by atoms with Crippen LogP contribution in [0.25, 0.3) is 5.69 Å². The van der Waals surface area contributed by atoms with Crippen LogP contribution in [0, 0.1) is 18.3 Å². The molecule has 0 aliphatic carbocycles. The van der Waals surface area contributed by atoms with Gasteiger partial charge < -0.3 is 0 Å². The maximum absolute atomic E-state index is 11.9. The first-order chi connectivity index (χ1) is 8.63. The van der Waals surface area contributed by atoms with E-state index in [9.17, 15) is 9.59 Å². The molecule has 2 rings (SSSR count). The zero-order valence-electron chi connectivity index (χ0n) is 9.83. The second-order valence-electron chi connectivity index (χ2n) is 3.90. The van der Waals surface area contributed by atoms with Gasteiger partial charge in [-0.1, -0.05) is 17.7 Å². The number of hydrogen-bond acceptors (Lipinski definition) is 3. The molecule has 1 aromatic heterocycles. The van der Waals surface area contributed by atoms with Crippen molar-refractivity contribution in [1.82, 2.24) is 9.13 Å². The Bertz CT molecular complexity index is 718. The number of benzene rings is 1. The highest BCUT2D eigenvalue weighted by Gasteiger charge is 2.05. The first-order valence-electron chi connectivity index (χ1n) is 5.39. The molecule has 0 atom stereocenters. The summed E-state index contributed by atoms with van der Waals surface area (Å²) in [5, 5.41) is 8.53. The fourth-order valence-corrected chi connectivity index (χ4v) is 1.62. The van der Waals surface area contributed by atoms with Gasteiger partial charge in [0.25, 0.3) is 0 Å². The Morgan fingerprint density at radius 3 is 2.39 bits per heavy atom. The molecule has 0 unspecified atom stereocenters. The van der Waals surface area contributed by atoms with Crippen molar-refractivity contribution in [3.8, 4) is 11.8 Å². The van der Waals surface area contributed by atoms with Crippen LogP contribution in [0.5, 0.6) is 0 Å². The first-order valence-corrected chi connectivity index (χ1v) is 5.39. The van der Waals surface area contributed by atoms with E-state index in [0.29, 0.717) is 5.69 Å². The molecule has 0 spiro atoms. The monoisotopic (exact) mass is 241 g/mol. The van der Waals surface area contributed by atoms with Gasteiger partial charge in [-0.15, -0.1) is 0 Å². The van der Waals surface area contributed by atoms with Gasteiger partial charge in [-0.2, -0.15) is 5.26 Å². The van der Waals surface area contributed by atoms with Crippen molar-refractivity contribution in [2.45, 2.75) is 13.5 Å². The zero-order chi connectivity index (χ0) is 13.1. The van der Waals surface area contributed by atoms with E-state index in [1.807, 2.05) is 25.1 Å². The average molecular weight is 241 g/mol. The molecule has 0 fully saturated rings. The molecule has 1 heterocycles. The van der Waals surface area contributed by atoms with Gasteiger partial charge in [-0.3, -0.25) is 18.7 Å². The Labute approximate surface area is 103 Å². The summed E-state index contributed by atoms with van der Waals surface area (Å²) in [7, 11) is 0. The van der Waals surface area contributed by atoms with Gasteiger partial charge >= 0.3 is 11.1 Å². The number of hydrogen-bond donors (Lipinski definition) is 0. The molecule has 0 radical (unpaired) electrons. The second kappa shape index (κ2) is 4.72. The maximum atomic E-state index is 11.9. The van der Waals surface area contributed by atoms with Crippen LogP contribution >= 0.6 is 0 Å². The van der Waals surface area contributed by atoms with Crippen molar-refractivity contribution in [3.63, 3.8) is 0 Å². The molecule has 90 valence electrons. The van der Waals surface area contributed by atoms with E-state index in [1.54, 1.807) is 12.1 Å². The number of rotatable bonds is 2. The highest BCUT2D eigenvalue weighted by atomic mass is 16.2. The van der Waals surface area contributed by atoms with Crippen molar-refractivity contribution in [3.05, 3.63) is 62.9 Å². The molecule has 18 heavy (non-hydrogen) atoms. The highest BCUT2D eigenvalue weighted by molar-refractivity contribution is 5.34. The molecule has 0 amide bonds. The van der Waals surface area contributed by atoms with Gasteiger partial charge in [-0.05, 0) is 19.1 Å².